The van der Waals surface area contributed by atoms with Crippen molar-refractivity contribution in [3.8, 4) is 0 Å². The maximum absolute atomic E-state index is 11.8. The highest BCUT2D eigenvalue weighted by Crippen LogP contribution is 2.31. The van der Waals surface area contributed by atoms with E-state index in [0.717, 1.165) is 6.26 Å². The Morgan fingerprint density at radius 1 is 1.27 bits per heavy atom. The smallest absolute Gasteiger partial charge is 0.212 e. The molecule has 0 spiro atoms. The number of hydrogen-bond acceptors (Lipinski definition) is 4. The molecule has 0 aromatic heterocycles. The fourth-order valence-electron chi connectivity index (χ4n) is 1.52. The fraction of sp³-hybridized carbons (Fsp3) is 0.250. The molecule has 5 nitrogen and oxygen atoms in total. The van der Waals surface area contributed by atoms with Crippen LogP contribution in [0, 0.1) is 0 Å². The molecule has 1 aromatic rings. The molecule has 1 aliphatic heterocycles. The standard InChI is InChI=1S/C8H9NO4S2/c1-14(10,11)9-6-7-4-2-3-5-8(7)15(9,12)13/h2-5H,6H2,1H3. The minimum atomic E-state index is -3.86. The first-order chi connectivity index (χ1) is 6.83. The SMILES string of the molecule is CS(=O)(=O)N1Cc2ccccc2S1(=O)=O. The van der Waals surface area contributed by atoms with Crippen LogP contribution < -0.4 is 0 Å². The minimum absolute atomic E-state index is 0.0791. The van der Waals surface area contributed by atoms with Crippen LogP contribution in [0.2, 0.25) is 0 Å². The van der Waals surface area contributed by atoms with Gasteiger partial charge in [0.2, 0.25) is 10.0 Å². The number of fused-ring (bicyclic) bond motifs is 1. The Morgan fingerprint density at radius 2 is 1.87 bits per heavy atom. The van der Waals surface area contributed by atoms with Crippen LogP contribution in [0.4, 0.5) is 0 Å². The van der Waals surface area contributed by atoms with E-state index in [1.54, 1.807) is 18.2 Å². The van der Waals surface area contributed by atoms with Gasteiger partial charge in [-0.2, -0.15) is 0 Å². The van der Waals surface area contributed by atoms with Gasteiger partial charge in [-0.1, -0.05) is 21.9 Å². The summed E-state index contributed by atoms with van der Waals surface area (Å²) >= 11 is 0. The van der Waals surface area contributed by atoms with Crippen LogP contribution >= 0.6 is 0 Å². The highest BCUT2D eigenvalue weighted by atomic mass is 32.3. The number of nitrogens with zero attached hydrogens (tertiary/aromatic N) is 1. The largest absolute Gasteiger partial charge is 0.256 e. The Labute approximate surface area is 88.4 Å². The molecule has 0 N–H and O–H groups in total. The van der Waals surface area contributed by atoms with Crippen molar-refractivity contribution in [2.24, 2.45) is 0 Å². The number of sulfonamides is 2. The third-order valence-corrected chi connectivity index (χ3v) is 6.08. The molecule has 0 aliphatic carbocycles. The second kappa shape index (κ2) is 3.03. The molecule has 0 atom stereocenters. The molecule has 0 saturated carbocycles. The highest BCUT2D eigenvalue weighted by molar-refractivity contribution is 8.03. The van der Waals surface area contributed by atoms with E-state index < -0.39 is 20.0 Å². The van der Waals surface area contributed by atoms with Crippen molar-refractivity contribution in [3.05, 3.63) is 29.8 Å². The van der Waals surface area contributed by atoms with E-state index in [1.165, 1.54) is 6.07 Å². The molecule has 0 amide bonds. The fourth-order valence-corrected chi connectivity index (χ4v) is 4.80. The van der Waals surface area contributed by atoms with Gasteiger partial charge in [-0.3, -0.25) is 0 Å². The van der Waals surface area contributed by atoms with Gasteiger partial charge in [0.1, 0.15) is 0 Å². The van der Waals surface area contributed by atoms with Gasteiger partial charge in [-0.25, -0.2) is 16.8 Å². The average molecular weight is 247 g/mol. The van der Waals surface area contributed by atoms with Crippen LogP contribution in [0.3, 0.4) is 0 Å². The maximum atomic E-state index is 11.8. The van der Waals surface area contributed by atoms with Crippen molar-refractivity contribution in [1.82, 2.24) is 3.71 Å². The first kappa shape index (κ1) is 10.6. The van der Waals surface area contributed by atoms with E-state index in [1.807, 2.05) is 0 Å². The van der Waals surface area contributed by atoms with E-state index in [4.69, 9.17) is 0 Å². The molecule has 0 bridgehead atoms. The monoisotopic (exact) mass is 247 g/mol. The molecule has 15 heavy (non-hydrogen) atoms. The van der Waals surface area contributed by atoms with Crippen LogP contribution in [-0.2, 0) is 26.6 Å². The number of hydrogen-bond donors (Lipinski definition) is 0. The van der Waals surface area contributed by atoms with Gasteiger partial charge < -0.3 is 0 Å². The highest BCUT2D eigenvalue weighted by Gasteiger charge is 2.40. The maximum Gasteiger partial charge on any atom is 0.256 e. The van der Waals surface area contributed by atoms with E-state index in [0.29, 0.717) is 9.27 Å². The quantitative estimate of drug-likeness (QED) is 0.708. The third-order valence-electron chi connectivity index (χ3n) is 2.19. The van der Waals surface area contributed by atoms with Crippen LogP contribution in [0.15, 0.2) is 29.2 Å². The summed E-state index contributed by atoms with van der Waals surface area (Å²) < 4.78 is 46.6. The lowest BCUT2D eigenvalue weighted by molar-refractivity contribution is 0.513. The lowest BCUT2D eigenvalue weighted by atomic mass is 10.2. The topological polar surface area (TPSA) is 71.5 Å². The van der Waals surface area contributed by atoms with Crippen molar-refractivity contribution >= 4 is 20.0 Å². The lowest BCUT2D eigenvalue weighted by Gasteiger charge is -2.10. The van der Waals surface area contributed by atoms with Crippen molar-refractivity contribution in [1.29, 1.82) is 0 Å². The Hall–Kier alpha value is -0.920. The predicted octanol–water partition coefficient (Wildman–Crippen LogP) is 0.150. The zero-order valence-corrected chi connectivity index (χ0v) is 9.55. The lowest BCUT2D eigenvalue weighted by Crippen LogP contribution is -2.30. The van der Waals surface area contributed by atoms with Gasteiger partial charge in [0.15, 0.2) is 0 Å². The molecule has 0 fully saturated rings. The summed E-state index contributed by atoms with van der Waals surface area (Å²) in [6, 6.07) is 6.27. The van der Waals surface area contributed by atoms with Gasteiger partial charge in [-0.05, 0) is 11.6 Å². The summed E-state index contributed by atoms with van der Waals surface area (Å²) in [7, 11) is -7.59. The van der Waals surface area contributed by atoms with Gasteiger partial charge in [-0.15, -0.1) is 0 Å². The summed E-state index contributed by atoms with van der Waals surface area (Å²) in [6.45, 7) is -0.0999. The van der Waals surface area contributed by atoms with Crippen LogP contribution in [0.5, 0.6) is 0 Å². The molecule has 1 aromatic carbocycles. The Bertz CT molecular complexity index is 603. The zero-order valence-electron chi connectivity index (χ0n) is 7.91. The Balaban J connectivity index is 2.68. The van der Waals surface area contributed by atoms with E-state index in [2.05, 4.69) is 0 Å². The first-order valence-electron chi connectivity index (χ1n) is 4.14. The molecule has 2 rings (SSSR count). The molecule has 0 unspecified atom stereocenters. The predicted molar refractivity (Wildman–Crippen MR) is 54.0 cm³/mol. The van der Waals surface area contributed by atoms with Crippen LogP contribution in [0.1, 0.15) is 5.56 Å². The summed E-state index contributed by atoms with van der Waals surface area (Å²) in [5.74, 6) is 0. The third kappa shape index (κ3) is 1.56. The second-order valence-electron chi connectivity index (χ2n) is 3.31. The second-order valence-corrected chi connectivity index (χ2v) is 7.28. The van der Waals surface area contributed by atoms with Crippen molar-refractivity contribution in [3.63, 3.8) is 0 Å². The van der Waals surface area contributed by atoms with E-state index in [9.17, 15) is 16.8 Å². The summed E-state index contributed by atoms with van der Waals surface area (Å²) in [6.07, 6.45) is 0.885. The molecule has 82 valence electrons. The molecule has 7 heteroatoms. The molecule has 1 heterocycles. The number of benzene rings is 1. The molecular formula is C8H9NO4S2. The molecule has 0 radical (unpaired) electrons. The number of rotatable bonds is 1. The molecule has 1 aliphatic rings. The van der Waals surface area contributed by atoms with Gasteiger partial charge >= 0.3 is 0 Å². The minimum Gasteiger partial charge on any atom is -0.212 e. The van der Waals surface area contributed by atoms with Crippen molar-refractivity contribution < 1.29 is 16.8 Å². The summed E-state index contributed by atoms with van der Waals surface area (Å²) in [4.78, 5) is 0.0791. The van der Waals surface area contributed by atoms with Crippen LogP contribution in [0.25, 0.3) is 0 Å². The van der Waals surface area contributed by atoms with Crippen LogP contribution in [-0.4, -0.2) is 26.8 Å². The Kier molecular flexibility index (Phi) is 2.14. The normalized spacial score (nSPS) is 20.1. The van der Waals surface area contributed by atoms with Gasteiger partial charge in [0.05, 0.1) is 17.7 Å². The molecule has 0 saturated heterocycles. The van der Waals surface area contributed by atoms with Crippen molar-refractivity contribution in [2.75, 3.05) is 6.26 Å². The zero-order chi connectivity index (χ0) is 11.3. The van der Waals surface area contributed by atoms with E-state index in [-0.39, 0.29) is 11.4 Å². The average Bonchev–Trinajstić information content (AvgIpc) is 2.39. The molecular weight excluding hydrogens is 238 g/mol. The summed E-state index contributed by atoms with van der Waals surface area (Å²) in [5, 5.41) is 0. The summed E-state index contributed by atoms with van der Waals surface area (Å²) in [5.41, 5.74) is 0.517. The first-order valence-corrected chi connectivity index (χ1v) is 7.43. The van der Waals surface area contributed by atoms with Crippen molar-refractivity contribution in [2.45, 2.75) is 11.4 Å². The van der Waals surface area contributed by atoms with Gasteiger partial charge in [0.25, 0.3) is 10.0 Å². The Morgan fingerprint density at radius 3 is 2.40 bits per heavy atom. The van der Waals surface area contributed by atoms with Gasteiger partial charge in [0, 0.05) is 0 Å². The van der Waals surface area contributed by atoms with E-state index >= 15 is 0 Å².